The molecule has 1 fully saturated rings. The number of hydrogen-bond donors (Lipinski definition) is 1. The van der Waals surface area contributed by atoms with Crippen molar-refractivity contribution in [2.45, 2.75) is 74.3 Å². The van der Waals surface area contributed by atoms with E-state index in [0.717, 1.165) is 12.1 Å². The molecule has 2 rings (SSSR count). The van der Waals surface area contributed by atoms with Gasteiger partial charge in [0.1, 0.15) is 12.3 Å². The van der Waals surface area contributed by atoms with Crippen LogP contribution < -0.4 is 10.1 Å². The molecule has 1 atom stereocenters. The summed E-state index contributed by atoms with van der Waals surface area (Å²) in [4.78, 5) is 34.7. The van der Waals surface area contributed by atoms with Gasteiger partial charge in [0, 0.05) is 13.1 Å². The second-order valence-electron chi connectivity index (χ2n) is 6.66. The topological polar surface area (TPSA) is 88.2 Å². The van der Waals surface area contributed by atoms with Crippen molar-refractivity contribution in [3.05, 3.63) is 29.8 Å². The number of ether oxygens (including phenoxy) is 2. The van der Waals surface area contributed by atoms with Gasteiger partial charge in [0.2, 0.25) is 6.41 Å². The van der Waals surface area contributed by atoms with Crippen molar-refractivity contribution in [3.8, 4) is 5.75 Å². The molecule has 34 heavy (non-hydrogen) atoms. The summed E-state index contributed by atoms with van der Waals surface area (Å²) in [7, 11) is 6.77. The summed E-state index contributed by atoms with van der Waals surface area (Å²) in [5.41, 5.74) is 1.15. The standard InChI is InChI=1S/C12H17NO2.C5H10BN.C4H7NO3.2C2H6/c1-4-13(5-2)12(14)15-11-8-6-10(3)7-9-11;1-5-3-2-4-7(5)6;1-8-4(7)2-5-3-6;2*1-2/h6-9H,4-5H2,1-3H3;5H,2-4H2,1H3;3H,2H2,1H3,(H,5,6);2*1-2H3. The van der Waals surface area contributed by atoms with Gasteiger partial charge in [0.25, 0.3) is 0 Å². The predicted octanol–water partition coefficient (Wildman–Crippen LogP) is 4.35. The fraction of sp³-hybridized carbons (Fsp3) is 0.640. The quantitative estimate of drug-likeness (QED) is 0.371. The molecule has 0 saturated carbocycles. The fourth-order valence-electron chi connectivity index (χ4n) is 2.41. The first-order valence-corrected chi connectivity index (χ1v) is 12.1. The molecule has 2 amide bonds. The van der Waals surface area contributed by atoms with Gasteiger partial charge in [-0.25, -0.2) is 4.79 Å². The molecule has 1 heterocycles. The Morgan fingerprint density at radius 1 is 1.15 bits per heavy atom. The largest absolute Gasteiger partial charge is 0.468 e. The van der Waals surface area contributed by atoms with Crippen LogP contribution in [-0.2, 0) is 14.3 Å². The maximum Gasteiger partial charge on any atom is 0.415 e. The van der Waals surface area contributed by atoms with Crippen LogP contribution >= 0.6 is 0 Å². The first-order valence-electron chi connectivity index (χ1n) is 12.1. The molecular weight excluding hydrogens is 433 g/mol. The number of esters is 1. The van der Waals surface area contributed by atoms with Crippen LogP contribution in [0, 0.1) is 6.92 Å². The zero-order valence-electron chi connectivity index (χ0n) is 22.7. The van der Waals surface area contributed by atoms with Crippen LogP contribution in [0.5, 0.6) is 5.75 Å². The van der Waals surface area contributed by atoms with Gasteiger partial charge in [-0.05, 0) is 58.3 Å². The second-order valence-corrected chi connectivity index (χ2v) is 6.66. The molecule has 1 N–H and O–H groups in total. The number of rotatable bonds is 6. The highest BCUT2D eigenvalue weighted by molar-refractivity contribution is 6.04. The summed E-state index contributed by atoms with van der Waals surface area (Å²) in [6.07, 6.45) is 2.70. The SMILES string of the molecule is CC.CC.CCN(CC)C(=O)Oc1ccc(C)cc1.COC(=O)CNC=O.[B]N1CCCC1C. The van der Waals surface area contributed by atoms with E-state index in [1.807, 2.05) is 65.4 Å². The minimum absolute atomic E-state index is 0.0556. The summed E-state index contributed by atoms with van der Waals surface area (Å²) in [6.45, 7) is 18.4. The van der Waals surface area contributed by atoms with Gasteiger partial charge in [-0.1, -0.05) is 52.3 Å². The average molecular weight is 479 g/mol. The Morgan fingerprint density at radius 2 is 1.68 bits per heavy atom. The Hall–Kier alpha value is -2.55. The normalized spacial score (nSPS) is 13.5. The highest BCUT2D eigenvalue weighted by Gasteiger charge is 2.13. The number of carbonyl (C=O) groups excluding carboxylic acids is 3. The van der Waals surface area contributed by atoms with Crippen LogP contribution in [-0.4, -0.2) is 75.5 Å². The summed E-state index contributed by atoms with van der Waals surface area (Å²) < 4.78 is 9.39. The average Bonchev–Trinajstić information content (AvgIpc) is 3.25. The number of nitrogens with one attached hydrogen (secondary N) is 1. The zero-order chi connectivity index (χ0) is 26.9. The van der Waals surface area contributed by atoms with Gasteiger partial charge < -0.3 is 24.5 Å². The molecular formula is C25H46BN3O5. The van der Waals surface area contributed by atoms with Crippen molar-refractivity contribution in [3.63, 3.8) is 0 Å². The maximum atomic E-state index is 11.6. The van der Waals surface area contributed by atoms with E-state index < -0.39 is 5.97 Å². The fourth-order valence-corrected chi connectivity index (χ4v) is 2.41. The van der Waals surface area contributed by atoms with Crippen LogP contribution in [0.15, 0.2) is 24.3 Å². The first kappa shape index (κ1) is 36.0. The van der Waals surface area contributed by atoms with E-state index in [0.29, 0.717) is 31.3 Å². The first-order chi connectivity index (χ1) is 16.3. The molecule has 8 nitrogen and oxygen atoms in total. The summed E-state index contributed by atoms with van der Waals surface area (Å²) in [5.74, 6) is 0.148. The van der Waals surface area contributed by atoms with Crippen molar-refractivity contribution >= 4 is 26.5 Å². The van der Waals surface area contributed by atoms with Crippen molar-refractivity contribution in [1.82, 2.24) is 15.0 Å². The Balaban J connectivity index is -0.000000428. The van der Waals surface area contributed by atoms with E-state index in [1.54, 1.807) is 17.0 Å². The lowest BCUT2D eigenvalue weighted by Gasteiger charge is -2.17. The Morgan fingerprint density at radius 3 is 2.00 bits per heavy atom. The molecule has 1 aliphatic rings. The second kappa shape index (κ2) is 25.1. The van der Waals surface area contributed by atoms with Gasteiger partial charge in [0.05, 0.1) is 7.11 Å². The van der Waals surface area contributed by atoms with Crippen molar-refractivity contribution in [2.24, 2.45) is 0 Å². The van der Waals surface area contributed by atoms with Crippen LogP contribution in [0.3, 0.4) is 0 Å². The summed E-state index contributed by atoms with van der Waals surface area (Å²) in [5, 5.41) is 2.14. The molecule has 1 saturated heterocycles. The third-order valence-corrected chi connectivity index (χ3v) is 4.41. The van der Waals surface area contributed by atoms with Gasteiger partial charge in [-0.15, -0.1) is 0 Å². The number of amides is 2. The van der Waals surface area contributed by atoms with Crippen LogP contribution in [0.1, 0.15) is 66.9 Å². The molecule has 1 unspecified atom stereocenters. The van der Waals surface area contributed by atoms with Gasteiger partial charge in [0.15, 0.2) is 7.98 Å². The molecule has 194 valence electrons. The molecule has 1 aromatic rings. The highest BCUT2D eigenvalue weighted by Crippen LogP contribution is 2.13. The number of aryl methyl sites for hydroxylation is 1. The number of methoxy groups -OCH3 is 1. The number of hydrogen-bond acceptors (Lipinski definition) is 6. The number of nitrogens with zero attached hydrogens (tertiary/aromatic N) is 2. The third kappa shape index (κ3) is 19.0. The smallest absolute Gasteiger partial charge is 0.415 e. The monoisotopic (exact) mass is 479 g/mol. The molecule has 0 aliphatic carbocycles. The molecule has 0 bridgehead atoms. The zero-order valence-corrected chi connectivity index (χ0v) is 22.7. The summed E-state index contributed by atoms with van der Waals surface area (Å²) in [6, 6.07) is 8.07. The number of benzene rings is 1. The van der Waals surface area contributed by atoms with E-state index in [2.05, 4.69) is 17.0 Å². The van der Waals surface area contributed by atoms with E-state index in [9.17, 15) is 14.4 Å². The molecule has 1 aromatic carbocycles. The predicted molar refractivity (Wildman–Crippen MR) is 140 cm³/mol. The van der Waals surface area contributed by atoms with E-state index in [1.165, 1.54) is 20.0 Å². The van der Waals surface area contributed by atoms with Crippen LogP contribution in [0.4, 0.5) is 4.79 Å². The third-order valence-electron chi connectivity index (χ3n) is 4.41. The van der Waals surface area contributed by atoms with Gasteiger partial charge in [-0.3, -0.25) is 9.59 Å². The van der Waals surface area contributed by atoms with Crippen LogP contribution in [0.25, 0.3) is 0 Å². The molecule has 0 spiro atoms. The molecule has 9 heteroatoms. The van der Waals surface area contributed by atoms with E-state index in [-0.39, 0.29) is 12.6 Å². The highest BCUT2D eigenvalue weighted by atomic mass is 16.6. The van der Waals surface area contributed by atoms with Gasteiger partial charge >= 0.3 is 12.1 Å². The summed E-state index contributed by atoms with van der Waals surface area (Å²) >= 11 is 0. The lowest BCUT2D eigenvalue weighted by molar-refractivity contribution is -0.140. The van der Waals surface area contributed by atoms with E-state index in [4.69, 9.17) is 12.7 Å². The maximum absolute atomic E-state index is 11.6. The molecule has 2 radical (unpaired) electrons. The van der Waals surface area contributed by atoms with Crippen molar-refractivity contribution in [1.29, 1.82) is 0 Å². The van der Waals surface area contributed by atoms with Gasteiger partial charge in [-0.2, -0.15) is 0 Å². The Labute approximate surface area is 208 Å². The number of carbonyl (C=O) groups is 3. The van der Waals surface area contributed by atoms with Crippen LogP contribution in [0.2, 0.25) is 0 Å². The molecule has 0 aromatic heterocycles. The van der Waals surface area contributed by atoms with E-state index >= 15 is 0 Å². The minimum Gasteiger partial charge on any atom is -0.468 e. The van der Waals surface area contributed by atoms with Crippen molar-refractivity contribution < 1.29 is 23.9 Å². The lowest BCUT2D eigenvalue weighted by Crippen LogP contribution is -2.33. The Bertz CT molecular complexity index is 617. The molecule has 1 aliphatic heterocycles. The Kier molecular flexibility index (Phi) is 26.6. The lowest BCUT2D eigenvalue weighted by atomic mass is 10.2. The minimum atomic E-state index is -0.447. The van der Waals surface area contributed by atoms with Crippen molar-refractivity contribution in [2.75, 3.05) is 33.3 Å².